The molecule has 98 valence electrons. The molecular formula is C15H23N3. The second kappa shape index (κ2) is 5.35. The van der Waals surface area contributed by atoms with E-state index in [1.165, 1.54) is 32.1 Å². The monoisotopic (exact) mass is 245 g/mol. The summed E-state index contributed by atoms with van der Waals surface area (Å²) in [5, 5.41) is 3.77. The zero-order valence-electron chi connectivity index (χ0n) is 11.0. The average molecular weight is 245 g/mol. The maximum absolute atomic E-state index is 7.24. The summed E-state index contributed by atoms with van der Waals surface area (Å²) in [5.41, 5.74) is 7.24. The largest absolute Gasteiger partial charge is 0.284 e. The maximum Gasteiger partial charge on any atom is 0.0741 e. The van der Waals surface area contributed by atoms with Gasteiger partial charge >= 0.3 is 0 Å². The SMILES string of the molecule is N=N[C@@H]1C[C@H]2C=C[C@@H](C1)N2C1/C=C\CCCCC1. The smallest absolute Gasteiger partial charge is 0.0741 e. The van der Waals surface area contributed by atoms with Crippen LogP contribution in [-0.2, 0) is 0 Å². The van der Waals surface area contributed by atoms with Gasteiger partial charge in [-0.2, -0.15) is 5.11 Å². The van der Waals surface area contributed by atoms with Gasteiger partial charge in [-0.15, -0.1) is 0 Å². The second-order valence-corrected chi connectivity index (χ2v) is 5.85. The number of nitrogens with zero attached hydrogens (tertiary/aromatic N) is 2. The molecule has 0 aromatic rings. The normalized spacial score (nSPS) is 42.2. The minimum absolute atomic E-state index is 0.254. The summed E-state index contributed by atoms with van der Waals surface area (Å²) in [6.45, 7) is 0. The molecule has 0 amide bonds. The van der Waals surface area contributed by atoms with Crippen LogP contribution in [0.4, 0.5) is 0 Å². The molecule has 0 spiro atoms. The van der Waals surface area contributed by atoms with Gasteiger partial charge in [0.2, 0.25) is 0 Å². The van der Waals surface area contributed by atoms with E-state index in [0.29, 0.717) is 18.1 Å². The fourth-order valence-electron chi connectivity index (χ4n) is 3.74. The molecule has 3 rings (SSSR count). The lowest BCUT2D eigenvalue weighted by Crippen LogP contribution is -2.49. The van der Waals surface area contributed by atoms with Crippen molar-refractivity contribution >= 4 is 0 Å². The van der Waals surface area contributed by atoms with E-state index in [0.717, 1.165) is 12.8 Å². The second-order valence-electron chi connectivity index (χ2n) is 5.85. The third-order valence-electron chi connectivity index (χ3n) is 4.64. The first kappa shape index (κ1) is 12.1. The highest BCUT2D eigenvalue weighted by atomic mass is 15.2. The van der Waals surface area contributed by atoms with Gasteiger partial charge in [0.05, 0.1) is 6.04 Å². The summed E-state index contributed by atoms with van der Waals surface area (Å²) in [6, 6.07) is 1.92. The van der Waals surface area contributed by atoms with Crippen LogP contribution in [-0.4, -0.2) is 29.1 Å². The highest BCUT2D eigenvalue weighted by Crippen LogP contribution is 2.35. The van der Waals surface area contributed by atoms with Gasteiger partial charge in [0, 0.05) is 18.1 Å². The van der Waals surface area contributed by atoms with E-state index in [4.69, 9.17) is 5.53 Å². The molecule has 18 heavy (non-hydrogen) atoms. The molecule has 1 unspecified atom stereocenters. The molecule has 1 fully saturated rings. The Morgan fingerprint density at radius 3 is 2.44 bits per heavy atom. The molecule has 3 nitrogen and oxygen atoms in total. The summed E-state index contributed by atoms with van der Waals surface area (Å²) >= 11 is 0. The molecular weight excluding hydrogens is 222 g/mol. The van der Waals surface area contributed by atoms with Crippen molar-refractivity contribution in [3.63, 3.8) is 0 Å². The van der Waals surface area contributed by atoms with E-state index < -0.39 is 0 Å². The zero-order valence-corrected chi connectivity index (χ0v) is 11.0. The molecule has 0 saturated carbocycles. The van der Waals surface area contributed by atoms with E-state index in [1.54, 1.807) is 0 Å². The predicted molar refractivity (Wildman–Crippen MR) is 72.7 cm³/mol. The summed E-state index contributed by atoms with van der Waals surface area (Å²) in [6.07, 6.45) is 18.2. The summed E-state index contributed by atoms with van der Waals surface area (Å²) in [4.78, 5) is 2.67. The van der Waals surface area contributed by atoms with Crippen LogP contribution in [0, 0.1) is 5.53 Å². The lowest BCUT2D eigenvalue weighted by atomic mass is 9.92. The molecule has 0 aromatic carbocycles. The van der Waals surface area contributed by atoms with Crippen LogP contribution in [0.5, 0.6) is 0 Å². The van der Waals surface area contributed by atoms with Crippen LogP contribution < -0.4 is 0 Å². The number of piperidine rings is 1. The van der Waals surface area contributed by atoms with Gasteiger partial charge < -0.3 is 0 Å². The Morgan fingerprint density at radius 2 is 1.72 bits per heavy atom. The summed E-state index contributed by atoms with van der Waals surface area (Å²) in [7, 11) is 0. The molecule has 1 aliphatic carbocycles. The van der Waals surface area contributed by atoms with Crippen molar-refractivity contribution in [2.75, 3.05) is 0 Å². The number of fused-ring (bicyclic) bond motifs is 2. The van der Waals surface area contributed by atoms with Crippen molar-refractivity contribution in [1.29, 1.82) is 5.53 Å². The van der Waals surface area contributed by atoms with E-state index in [-0.39, 0.29) is 6.04 Å². The molecule has 3 aliphatic rings. The lowest BCUT2D eigenvalue weighted by Gasteiger charge is -2.42. The van der Waals surface area contributed by atoms with E-state index in [1.807, 2.05) is 0 Å². The van der Waals surface area contributed by atoms with Crippen LogP contribution in [0.15, 0.2) is 29.4 Å². The van der Waals surface area contributed by atoms with Gasteiger partial charge in [-0.05, 0) is 32.1 Å². The third-order valence-corrected chi connectivity index (χ3v) is 4.64. The average Bonchev–Trinajstić information content (AvgIpc) is 2.60. The fourth-order valence-corrected chi connectivity index (χ4v) is 3.74. The number of rotatable bonds is 2. The fraction of sp³-hybridized carbons (Fsp3) is 0.733. The highest BCUT2D eigenvalue weighted by Gasteiger charge is 2.39. The van der Waals surface area contributed by atoms with Gasteiger partial charge in [0.25, 0.3) is 0 Å². The van der Waals surface area contributed by atoms with Gasteiger partial charge in [-0.1, -0.05) is 37.1 Å². The van der Waals surface area contributed by atoms with Gasteiger partial charge in [-0.3, -0.25) is 4.90 Å². The van der Waals surface area contributed by atoms with Crippen LogP contribution in [0.1, 0.15) is 44.9 Å². The van der Waals surface area contributed by atoms with Crippen molar-refractivity contribution in [1.82, 2.24) is 4.90 Å². The Hall–Kier alpha value is -0.960. The molecule has 1 N–H and O–H groups in total. The Kier molecular flexibility index (Phi) is 3.59. The van der Waals surface area contributed by atoms with Gasteiger partial charge in [0.1, 0.15) is 0 Å². The van der Waals surface area contributed by atoms with Crippen molar-refractivity contribution in [2.45, 2.75) is 69.1 Å². The predicted octanol–water partition coefficient (Wildman–Crippen LogP) is 3.68. The molecule has 3 heteroatoms. The minimum Gasteiger partial charge on any atom is -0.284 e. The van der Waals surface area contributed by atoms with Crippen molar-refractivity contribution in [3.8, 4) is 0 Å². The Bertz CT molecular complexity index is 345. The summed E-state index contributed by atoms with van der Waals surface area (Å²) in [5.74, 6) is 0. The first-order valence-electron chi connectivity index (χ1n) is 7.37. The Morgan fingerprint density at radius 1 is 0.944 bits per heavy atom. The van der Waals surface area contributed by atoms with E-state index >= 15 is 0 Å². The number of allylic oxidation sites excluding steroid dienone is 1. The maximum atomic E-state index is 7.24. The molecule has 1 saturated heterocycles. The Balaban J connectivity index is 1.73. The lowest BCUT2D eigenvalue weighted by molar-refractivity contribution is 0.104. The number of hydrogen-bond donors (Lipinski definition) is 1. The minimum atomic E-state index is 0.254. The molecule has 0 aromatic heterocycles. The van der Waals surface area contributed by atoms with Crippen molar-refractivity contribution in [3.05, 3.63) is 24.3 Å². The van der Waals surface area contributed by atoms with Crippen LogP contribution in [0.25, 0.3) is 0 Å². The molecule has 2 bridgehead atoms. The molecule has 4 atom stereocenters. The van der Waals surface area contributed by atoms with E-state index in [2.05, 4.69) is 34.3 Å². The van der Waals surface area contributed by atoms with Gasteiger partial charge in [-0.25, -0.2) is 5.53 Å². The van der Waals surface area contributed by atoms with Crippen LogP contribution in [0.2, 0.25) is 0 Å². The third kappa shape index (κ3) is 2.28. The van der Waals surface area contributed by atoms with Crippen LogP contribution in [0.3, 0.4) is 0 Å². The molecule has 2 aliphatic heterocycles. The number of nitrogens with one attached hydrogen (secondary N) is 1. The quantitative estimate of drug-likeness (QED) is 0.585. The van der Waals surface area contributed by atoms with Crippen molar-refractivity contribution in [2.24, 2.45) is 5.11 Å². The summed E-state index contributed by atoms with van der Waals surface area (Å²) < 4.78 is 0. The highest BCUT2D eigenvalue weighted by molar-refractivity contribution is 5.18. The first-order valence-corrected chi connectivity index (χ1v) is 7.37. The Labute approximate surface area is 109 Å². The topological polar surface area (TPSA) is 39.5 Å². The van der Waals surface area contributed by atoms with Crippen LogP contribution >= 0.6 is 0 Å². The van der Waals surface area contributed by atoms with Crippen molar-refractivity contribution < 1.29 is 0 Å². The van der Waals surface area contributed by atoms with Gasteiger partial charge in [0.15, 0.2) is 0 Å². The molecule has 2 heterocycles. The number of hydrogen-bond acceptors (Lipinski definition) is 3. The zero-order chi connectivity index (χ0) is 12.4. The standard InChI is InChI=1S/C15H23N3/c16-17-12-10-14-8-9-15(11-12)18(14)13-6-4-2-1-3-5-7-13/h4,6,8-9,12-16H,1-3,5,7,10-11H2/b6-4-,17-16?/t12-,13?,14-,15+. The molecule has 0 radical (unpaired) electrons. The first-order chi connectivity index (χ1) is 8.88. The van der Waals surface area contributed by atoms with E-state index in [9.17, 15) is 0 Å².